The van der Waals surface area contributed by atoms with E-state index in [0.29, 0.717) is 15.6 Å². The first-order valence-electron chi connectivity index (χ1n) is 5.68. The van der Waals surface area contributed by atoms with Crippen molar-refractivity contribution >= 4 is 41.2 Å². The van der Waals surface area contributed by atoms with Gasteiger partial charge in [-0.15, -0.1) is 0 Å². The number of esters is 1. The second-order valence-corrected chi connectivity index (χ2v) is 5.04. The quantitative estimate of drug-likeness (QED) is 0.675. The zero-order valence-electron chi connectivity index (χ0n) is 10.6. The Labute approximate surface area is 126 Å². The first kappa shape index (κ1) is 14.6. The molecule has 1 atom stereocenters. The highest BCUT2D eigenvalue weighted by Gasteiger charge is 2.38. The van der Waals surface area contributed by atoms with Gasteiger partial charge >= 0.3 is 5.97 Å². The summed E-state index contributed by atoms with van der Waals surface area (Å²) in [5.41, 5.74) is 1.12. The van der Waals surface area contributed by atoms with Crippen LogP contribution in [0.1, 0.15) is 5.56 Å². The van der Waals surface area contributed by atoms with Gasteiger partial charge in [0.2, 0.25) is 0 Å². The maximum atomic E-state index is 11.9. The van der Waals surface area contributed by atoms with Gasteiger partial charge in [0.25, 0.3) is 5.91 Å². The van der Waals surface area contributed by atoms with Crippen molar-refractivity contribution < 1.29 is 14.3 Å². The van der Waals surface area contributed by atoms with Crippen molar-refractivity contribution in [2.75, 3.05) is 7.11 Å². The predicted molar refractivity (Wildman–Crippen MR) is 77.2 cm³/mol. The van der Waals surface area contributed by atoms with E-state index in [0.717, 1.165) is 0 Å². The molecule has 0 spiro atoms. The van der Waals surface area contributed by atoms with Crippen LogP contribution in [0.15, 0.2) is 36.0 Å². The fourth-order valence-electron chi connectivity index (χ4n) is 1.93. The summed E-state index contributed by atoms with van der Waals surface area (Å²) in [6.45, 7) is 3.66. The van der Waals surface area contributed by atoms with E-state index in [4.69, 9.17) is 23.2 Å². The van der Waals surface area contributed by atoms with Crippen molar-refractivity contribution in [1.82, 2.24) is 5.32 Å². The number of amides is 1. The summed E-state index contributed by atoms with van der Waals surface area (Å²) in [6, 6.07) is 4.87. The molecule has 1 saturated heterocycles. The molecule has 1 N–H and O–H groups in total. The first-order chi connectivity index (χ1) is 9.43. The second kappa shape index (κ2) is 5.69. The fourth-order valence-corrected chi connectivity index (χ4v) is 2.39. The third-order valence-electron chi connectivity index (χ3n) is 2.91. The molecule has 1 amide bonds. The third-order valence-corrected chi connectivity index (χ3v) is 3.47. The Morgan fingerprint density at radius 1 is 1.45 bits per heavy atom. The molecule has 6 heteroatoms. The van der Waals surface area contributed by atoms with Crippen LogP contribution in [0.3, 0.4) is 0 Å². The lowest BCUT2D eigenvalue weighted by molar-refractivity contribution is -0.142. The minimum atomic E-state index is -0.834. The van der Waals surface area contributed by atoms with Gasteiger partial charge in [-0.2, -0.15) is 0 Å². The van der Waals surface area contributed by atoms with Crippen LogP contribution in [0.25, 0.3) is 6.08 Å². The SMILES string of the molecule is C=C1NC(=O)/C(=C/c2ccc(Cl)cc2Cl)[C@@H]1C(=O)OC. The smallest absolute Gasteiger partial charge is 0.319 e. The lowest BCUT2D eigenvalue weighted by Crippen LogP contribution is -2.17. The summed E-state index contributed by atoms with van der Waals surface area (Å²) in [4.78, 5) is 23.6. The molecule has 0 radical (unpaired) electrons. The van der Waals surface area contributed by atoms with Crippen LogP contribution in [-0.2, 0) is 14.3 Å². The minimum Gasteiger partial charge on any atom is -0.468 e. The van der Waals surface area contributed by atoms with E-state index in [1.807, 2.05) is 0 Å². The number of hydrogen-bond acceptors (Lipinski definition) is 3. The Hall–Kier alpha value is -1.78. The molecule has 1 aromatic carbocycles. The highest BCUT2D eigenvalue weighted by molar-refractivity contribution is 6.35. The fraction of sp³-hybridized carbons (Fsp3) is 0.143. The Bertz CT molecular complexity index is 637. The Morgan fingerprint density at radius 2 is 2.15 bits per heavy atom. The monoisotopic (exact) mass is 311 g/mol. The molecule has 1 aromatic rings. The molecule has 0 aromatic heterocycles. The average Bonchev–Trinajstić information content (AvgIpc) is 2.66. The van der Waals surface area contributed by atoms with E-state index in [9.17, 15) is 9.59 Å². The molecular weight excluding hydrogens is 301 g/mol. The predicted octanol–water partition coefficient (Wildman–Crippen LogP) is 2.81. The maximum Gasteiger partial charge on any atom is 0.319 e. The molecule has 20 heavy (non-hydrogen) atoms. The van der Waals surface area contributed by atoms with Gasteiger partial charge < -0.3 is 10.1 Å². The highest BCUT2D eigenvalue weighted by atomic mass is 35.5. The highest BCUT2D eigenvalue weighted by Crippen LogP contribution is 2.30. The molecule has 1 aliphatic rings. The number of ether oxygens (including phenoxy) is 1. The molecule has 0 bridgehead atoms. The molecule has 1 aliphatic heterocycles. The largest absolute Gasteiger partial charge is 0.468 e. The number of carbonyl (C=O) groups excluding carboxylic acids is 2. The number of hydrogen-bond donors (Lipinski definition) is 1. The summed E-state index contributed by atoms with van der Waals surface area (Å²) >= 11 is 11.9. The molecule has 2 rings (SSSR count). The lowest BCUT2D eigenvalue weighted by Gasteiger charge is -2.08. The van der Waals surface area contributed by atoms with E-state index in [2.05, 4.69) is 16.6 Å². The van der Waals surface area contributed by atoms with E-state index in [1.54, 1.807) is 18.2 Å². The third kappa shape index (κ3) is 2.71. The zero-order valence-corrected chi connectivity index (χ0v) is 12.1. The Morgan fingerprint density at radius 3 is 2.75 bits per heavy atom. The van der Waals surface area contributed by atoms with Gasteiger partial charge in [-0.1, -0.05) is 35.8 Å². The summed E-state index contributed by atoms with van der Waals surface area (Å²) in [7, 11) is 1.26. The number of carbonyl (C=O) groups is 2. The topological polar surface area (TPSA) is 55.4 Å². The lowest BCUT2D eigenvalue weighted by atomic mass is 9.98. The average molecular weight is 312 g/mol. The van der Waals surface area contributed by atoms with Crippen LogP contribution in [-0.4, -0.2) is 19.0 Å². The standard InChI is InChI=1S/C14H11Cl2NO3/c1-7-12(14(19)20-2)10(13(18)17-7)5-8-3-4-9(15)6-11(8)16/h3-6,12H,1H2,2H3,(H,17,18)/b10-5+/t12-/m1/s1. The zero-order chi connectivity index (χ0) is 14.9. The van der Waals surface area contributed by atoms with Gasteiger partial charge in [-0.3, -0.25) is 9.59 Å². The van der Waals surface area contributed by atoms with E-state index < -0.39 is 17.8 Å². The Balaban J connectivity index is 2.47. The van der Waals surface area contributed by atoms with Crippen molar-refractivity contribution in [3.05, 3.63) is 51.7 Å². The molecule has 0 aliphatic carbocycles. The Kier molecular flexibility index (Phi) is 4.16. The van der Waals surface area contributed by atoms with Crippen molar-refractivity contribution in [3.8, 4) is 0 Å². The number of benzene rings is 1. The van der Waals surface area contributed by atoms with Crippen LogP contribution in [0.2, 0.25) is 10.0 Å². The molecular formula is C14H11Cl2NO3. The van der Waals surface area contributed by atoms with Gasteiger partial charge in [0.15, 0.2) is 0 Å². The second-order valence-electron chi connectivity index (χ2n) is 4.20. The van der Waals surface area contributed by atoms with Gasteiger partial charge in [0, 0.05) is 21.3 Å². The van der Waals surface area contributed by atoms with Crippen molar-refractivity contribution in [2.24, 2.45) is 5.92 Å². The van der Waals surface area contributed by atoms with Crippen molar-refractivity contribution in [1.29, 1.82) is 0 Å². The molecule has 4 nitrogen and oxygen atoms in total. The number of rotatable bonds is 2. The minimum absolute atomic E-state index is 0.242. The van der Waals surface area contributed by atoms with Crippen LogP contribution in [0.4, 0.5) is 0 Å². The van der Waals surface area contributed by atoms with Crippen LogP contribution >= 0.6 is 23.2 Å². The van der Waals surface area contributed by atoms with E-state index >= 15 is 0 Å². The van der Waals surface area contributed by atoms with Crippen molar-refractivity contribution in [3.63, 3.8) is 0 Å². The van der Waals surface area contributed by atoms with Crippen LogP contribution < -0.4 is 5.32 Å². The molecule has 0 saturated carbocycles. The van der Waals surface area contributed by atoms with Crippen LogP contribution in [0.5, 0.6) is 0 Å². The van der Waals surface area contributed by atoms with Crippen molar-refractivity contribution in [2.45, 2.75) is 0 Å². The van der Waals surface area contributed by atoms with Gasteiger partial charge in [-0.05, 0) is 23.8 Å². The van der Waals surface area contributed by atoms with E-state index in [1.165, 1.54) is 13.2 Å². The number of halogens is 2. The van der Waals surface area contributed by atoms with Gasteiger partial charge in [0.05, 0.1) is 7.11 Å². The summed E-state index contributed by atoms with van der Waals surface area (Å²) in [5.74, 6) is -1.78. The molecule has 0 unspecified atom stereocenters. The molecule has 1 heterocycles. The summed E-state index contributed by atoms with van der Waals surface area (Å²) < 4.78 is 4.68. The van der Waals surface area contributed by atoms with Crippen LogP contribution in [0, 0.1) is 5.92 Å². The normalized spacial score (nSPS) is 20.1. The summed E-state index contributed by atoms with van der Waals surface area (Å²) in [6.07, 6.45) is 1.54. The van der Waals surface area contributed by atoms with Gasteiger partial charge in [0.1, 0.15) is 5.92 Å². The molecule has 104 valence electrons. The summed E-state index contributed by atoms with van der Waals surface area (Å²) in [5, 5.41) is 3.39. The maximum absolute atomic E-state index is 11.9. The first-order valence-corrected chi connectivity index (χ1v) is 6.44. The number of methoxy groups -OCH3 is 1. The van der Waals surface area contributed by atoms with E-state index in [-0.39, 0.29) is 11.3 Å². The number of nitrogens with one attached hydrogen (secondary N) is 1. The van der Waals surface area contributed by atoms with Gasteiger partial charge in [-0.25, -0.2) is 0 Å². The molecule has 1 fully saturated rings.